The molecule has 120 valence electrons. The molecule has 1 aromatic rings. The van der Waals surface area contributed by atoms with Gasteiger partial charge in [0, 0.05) is 37.3 Å². The van der Waals surface area contributed by atoms with Crippen LogP contribution in [0.15, 0.2) is 24.5 Å². The van der Waals surface area contributed by atoms with Crippen molar-refractivity contribution in [3.63, 3.8) is 0 Å². The minimum Gasteiger partial charge on any atom is -0.490 e. The van der Waals surface area contributed by atoms with Crippen LogP contribution in [0.4, 0.5) is 4.79 Å². The fourth-order valence-electron chi connectivity index (χ4n) is 3.45. The smallest absolute Gasteiger partial charge is 0.410 e. The van der Waals surface area contributed by atoms with Crippen LogP contribution in [-0.4, -0.2) is 39.8 Å². The van der Waals surface area contributed by atoms with E-state index in [0.717, 1.165) is 31.4 Å². The van der Waals surface area contributed by atoms with E-state index in [-0.39, 0.29) is 24.3 Å². The van der Waals surface area contributed by atoms with E-state index in [4.69, 9.17) is 9.47 Å². The summed E-state index contributed by atoms with van der Waals surface area (Å²) in [7, 11) is 0. The fourth-order valence-corrected chi connectivity index (χ4v) is 3.45. The van der Waals surface area contributed by atoms with Crippen LogP contribution in [0.5, 0.6) is 5.75 Å². The van der Waals surface area contributed by atoms with E-state index >= 15 is 0 Å². The highest BCUT2D eigenvalue weighted by molar-refractivity contribution is 5.69. The van der Waals surface area contributed by atoms with Gasteiger partial charge >= 0.3 is 6.09 Å². The molecule has 0 radical (unpaired) electrons. The molecule has 0 spiro atoms. The van der Waals surface area contributed by atoms with Crippen LogP contribution in [0.25, 0.3) is 0 Å². The van der Waals surface area contributed by atoms with Crippen LogP contribution in [-0.2, 0) is 4.74 Å². The fraction of sp³-hybridized carbons (Fsp3) is 0.647. The molecule has 2 aliphatic rings. The van der Waals surface area contributed by atoms with Crippen molar-refractivity contribution in [3.8, 4) is 5.75 Å². The number of carbonyl (C=O) groups excluding carboxylic acids is 1. The molecule has 0 saturated carbocycles. The Kier molecular flexibility index (Phi) is 3.98. The Bertz CT molecular complexity index is 512. The molecule has 5 nitrogen and oxygen atoms in total. The van der Waals surface area contributed by atoms with E-state index in [1.54, 1.807) is 12.4 Å². The Morgan fingerprint density at radius 3 is 2.32 bits per heavy atom. The minimum atomic E-state index is -0.444. The first kappa shape index (κ1) is 15.1. The summed E-state index contributed by atoms with van der Waals surface area (Å²) in [6, 6.07) is 4.23. The SMILES string of the molecule is CC(C)(C)OC(=O)N1[C@@H]2CC[C@H]1C[C@H](Oc1ccncc1)C2. The Hall–Kier alpha value is -1.78. The van der Waals surface area contributed by atoms with Gasteiger partial charge in [0.05, 0.1) is 0 Å². The average molecular weight is 304 g/mol. The number of nitrogens with zero attached hydrogens (tertiary/aromatic N) is 2. The molecular formula is C17H24N2O3. The van der Waals surface area contributed by atoms with Crippen LogP contribution < -0.4 is 4.74 Å². The molecule has 2 aliphatic heterocycles. The summed E-state index contributed by atoms with van der Waals surface area (Å²) in [6.45, 7) is 5.73. The first-order valence-electron chi connectivity index (χ1n) is 8.00. The first-order chi connectivity index (χ1) is 10.4. The number of rotatable bonds is 2. The molecule has 2 saturated heterocycles. The topological polar surface area (TPSA) is 51.7 Å². The van der Waals surface area contributed by atoms with Gasteiger partial charge in [-0.05, 0) is 45.7 Å². The molecule has 2 fully saturated rings. The molecule has 0 unspecified atom stereocenters. The zero-order valence-corrected chi connectivity index (χ0v) is 13.5. The normalized spacial score (nSPS) is 27.6. The second-order valence-corrected chi connectivity index (χ2v) is 7.17. The van der Waals surface area contributed by atoms with Crippen molar-refractivity contribution < 1.29 is 14.3 Å². The summed E-state index contributed by atoms with van der Waals surface area (Å²) in [4.78, 5) is 18.3. The number of hydrogen-bond donors (Lipinski definition) is 0. The maximum atomic E-state index is 12.4. The summed E-state index contributed by atoms with van der Waals surface area (Å²) in [5.74, 6) is 0.852. The number of pyridine rings is 1. The highest BCUT2D eigenvalue weighted by Gasteiger charge is 2.45. The van der Waals surface area contributed by atoms with Gasteiger partial charge in [-0.2, -0.15) is 0 Å². The number of fused-ring (bicyclic) bond motifs is 2. The van der Waals surface area contributed by atoms with Gasteiger partial charge in [0.25, 0.3) is 0 Å². The van der Waals surface area contributed by atoms with Crippen LogP contribution in [0.1, 0.15) is 46.5 Å². The van der Waals surface area contributed by atoms with E-state index in [1.807, 2.05) is 37.8 Å². The van der Waals surface area contributed by atoms with Crippen LogP contribution >= 0.6 is 0 Å². The summed E-state index contributed by atoms with van der Waals surface area (Å²) in [5.41, 5.74) is -0.444. The standard InChI is InChI=1S/C17H24N2O3/c1-17(2,3)22-16(20)19-12-4-5-13(19)11-15(10-12)21-14-6-8-18-9-7-14/h6-9,12-13,15H,4-5,10-11H2,1-3H3/t12-,13+,15-. The van der Waals surface area contributed by atoms with E-state index < -0.39 is 5.60 Å². The molecule has 0 aliphatic carbocycles. The van der Waals surface area contributed by atoms with Crippen molar-refractivity contribution in [2.75, 3.05) is 0 Å². The number of hydrogen-bond acceptors (Lipinski definition) is 4. The molecule has 2 bridgehead atoms. The number of amides is 1. The Labute approximate surface area is 131 Å². The molecule has 0 aromatic carbocycles. The average Bonchev–Trinajstić information content (AvgIpc) is 2.70. The van der Waals surface area contributed by atoms with E-state index in [1.165, 1.54) is 0 Å². The second-order valence-electron chi connectivity index (χ2n) is 7.17. The zero-order chi connectivity index (χ0) is 15.7. The summed E-state index contributed by atoms with van der Waals surface area (Å²) in [6.07, 6.45) is 7.29. The third kappa shape index (κ3) is 3.34. The lowest BCUT2D eigenvalue weighted by Gasteiger charge is -2.39. The maximum Gasteiger partial charge on any atom is 0.410 e. The van der Waals surface area contributed by atoms with Crippen molar-refractivity contribution in [2.24, 2.45) is 0 Å². The second kappa shape index (κ2) is 5.78. The van der Waals surface area contributed by atoms with Crippen LogP contribution in [0, 0.1) is 0 Å². The highest BCUT2D eigenvalue weighted by Crippen LogP contribution is 2.38. The third-order valence-electron chi connectivity index (χ3n) is 4.25. The maximum absolute atomic E-state index is 12.4. The van der Waals surface area contributed by atoms with Crippen molar-refractivity contribution >= 4 is 6.09 Å². The predicted molar refractivity (Wildman–Crippen MR) is 82.8 cm³/mol. The van der Waals surface area contributed by atoms with Gasteiger partial charge in [0.2, 0.25) is 0 Å². The van der Waals surface area contributed by atoms with Crippen molar-refractivity contribution in [1.82, 2.24) is 9.88 Å². The van der Waals surface area contributed by atoms with Gasteiger partial charge in [0.1, 0.15) is 17.5 Å². The van der Waals surface area contributed by atoms with Gasteiger partial charge in [-0.25, -0.2) is 4.79 Å². The molecule has 3 rings (SSSR count). The van der Waals surface area contributed by atoms with Crippen molar-refractivity contribution in [3.05, 3.63) is 24.5 Å². The minimum absolute atomic E-state index is 0.165. The van der Waals surface area contributed by atoms with Crippen molar-refractivity contribution in [2.45, 2.75) is 70.2 Å². The van der Waals surface area contributed by atoms with Crippen LogP contribution in [0.2, 0.25) is 0 Å². The molecule has 0 N–H and O–H groups in total. The lowest BCUT2D eigenvalue weighted by molar-refractivity contribution is -0.00707. The third-order valence-corrected chi connectivity index (χ3v) is 4.25. The van der Waals surface area contributed by atoms with Crippen molar-refractivity contribution in [1.29, 1.82) is 0 Å². The first-order valence-corrected chi connectivity index (χ1v) is 8.00. The molecule has 3 atom stereocenters. The van der Waals surface area contributed by atoms with Gasteiger partial charge < -0.3 is 14.4 Å². The quantitative estimate of drug-likeness (QED) is 0.840. The molecule has 1 aromatic heterocycles. The van der Waals surface area contributed by atoms with Gasteiger partial charge in [-0.1, -0.05) is 0 Å². The summed E-state index contributed by atoms with van der Waals surface area (Å²) in [5, 5.41) is 0. The zero-order valence-electron chi connectivity index (χ0n) is 13.5. The number of aromatic nitrogens is 1. The number of ether oxygens (including phenoxy) is 2. The van der Waals surface area contributed by atoms with E-state index in [9.17, 15) is 4.79 Å². The summed E-state index contributed by atoms with van der Waals surface area (Å²) >= 11 is 0. The molecular weight excluding hydrogens is 280 g/mol. The predicted octanol–water partition coefficient (Wildman–Crippen LogP) is 3.39. The monoisotopic (exact) mass is 304 g/mol. The van der Waals surface area contributed by atoms with E-state index in [0.29, 0.717) is 0 Å². The lowest BCUT2D eigenvalue weighted by atomic mass is 10.00. The summed E-state index contributed by atoms with van der Waals surface area (Å²) < 4.78 is 11.6. The van der Waals surface area contributed by atoms with E-state index in [2.05, 4.69) is 4.98 Å². The Morgan fingerprint density at radius 2 is 1.77 bits per heavy atom. The van der Waals surface area contributed by atoms with Gasteiger partial charge in [-0.3, -0.25) is 4.98 Å². The van der Waals surface area contributed by atoms with Gasteiger partial charge in [-0.15, -0.1) is 0 Å². The Morgan fingerprint density at radius 1 is 1.18 bits per heavy atom. The molecule has 22 heavy (non-hydrogen) atoms. The number of piperidine rings is 1. The largest absolute Gasteiger partial charge is 0.490 e. The highest BCUT2D eigenvalue weighted by atomic mass is 16.6. The number of carbonyl (C=O) groups is 1. The van der Waals surface area contributed by atoms with Crippen LogP contribution in [0.3, 0.4) is 0 Å². The molecule has 1 amide bonds. The van der Waals surface area contributed by atoms with Gasteiger partial charge in [0.15, 0.2) is 0 Å². The molecule has 3 heterocycles. The molecule has 5 heteroatoms. The Balaban J connectivity index is 1.63. The lowest BCUT2D eigenvalue weighted by Crippen LogP contribution is -2.50.